The third kappa shape index (κ3) is 5.02. The molecule has 0 aliphatic heterocycles. The summed E-state index contributed by atoms with van der Waals surface area (Å²) in [4.78, 5) is 0. The van der Waals surface area contributed by atoms with Gasteiger partial charge in [0.15, 0.2) is 0 Å². The first-order valence-corrected chi connectivity index (χ1v) is 19.2. The second-order valence-electron chi connectivity index (χ2n) is 14.8. The van der Waals surface area contributed by atoms with E-state index in [1.54, 1.807) is 0 Å². The average Bonchev–Trinajstić information content (AvgIpc) is 3.76. The van der Waals surface area contributed by atoms with E-state index in [-0.39, 0.29) is 0 Å². The van der Waals surface area contributed by atoms with Gasteiger partial charge in [-0.25, -0.2) is 0 Å². The number of aryl methyl sites for hydroxylation is 1. The van der Waals surface area contributed by atoms with Crippen molar-refractivity contribution in [2.75, 3.05) is 0 Å². The van der Waals surface area contributed by atoms with E-state index in [4.69, 9.17) is 0 Å². The van der Waals surface area contributed by atoms with E-state index in [9.17, 15) is 10.5 Å². The maximum atomic E-state index is 9.88. The van der Waals surface area contributed by atoms with E-state index in [0.717, 1.165) is 48.2 Å². The minimum atomic E-state index is 0.315. The third-order valence-corrected chi connectivity index (χ3v) is 11.9. The van der Waals surface area contributed by atoms with Crippen LogP contribution in [0.3, 0.4) is 0 Å². The van der Waals surface area contributed by atoms with Crippen LogP contribution in [-0.4, -0.2) is 9.13 Å². The highest BCUT2D eigenvalue weighted by atomic mass is 15.0. The van der Waals surface area contributed by atoms with E-state index in [0.29, 0.717) is 17.0 Å². The standard InChI is InChI=1S/C50H38N4/c51-31-33-22-26-36(27-23-33)48-46(53-42-18-8-4-14-38(42)39-15-5-9-19-43(39)53)30-47(54-44-20-10-6-16-40(44)41-17-7-11-21-45(41)54)49(37-28-24-34(32-52)25-29-37)50(48)35-12-2-1-3-13-35/h4-6,8-11,14-16,18-30,35H,1-3,7,12-13,17H2. The lowest BCUT2D eigenvalue weighted by atomic mass is 9.76. The molecule has 0 atom stereocenters. The highest BCUT2D eigenvalue weighted by Crippen LogP contribution is 2.51. The number of rotatable bonds is 5. The molecule has 0 amide bonds. The molecule has 2 aromatic heterocycles. The second-order valence-corrected chi connectivity index (χ2v) is 14.8. The Balaban J connectivity index is 1.45. The van der Waals surface area contributed by atoms with Crippen LogP contribution in [0.25, 0.3) is 72.4 Å². The van der Waals surface area contributed by atoms with Gasteiger partial charge in [0.1, 0.15) is 0 Å². The van der Waals surface area contributed by atoms with Crippen LogP contribution >= 0.6 is 0 Å². The molecule has 8 aromatic rings. The van der Waals surface area contributed by atoms with Crippen molar-refractivity contribution in [3.63, 3.8) is 0 Å². The van der Waals surface area contributed by atoms with Crippen molar-refractivity contribution in [1.29, 1.82) is 10.5 Å². The summed E-state index contributed by atoms with van der Waals surface area (Å²) >= 11 is 0. The number of hydrogen-bond donors (Lipinski definition) is 0. The molecule has 0 N–H and O–H groups in total. The van der Waals surface area contributed by atoms with Crippen LogP contribution in [0.4, 0.5) is 0 Å². The summed E-state index contributed by atoms with van der Waals surface area (Å²) < 4.78 is 5.02. The number of allylic oxidation sites excluding steroid dienone is 1. The molecular weight excluding hydrogens is 657 g/mol. The highest BCUT2D eigenvalue weighted by Gasteiger charge is 2.31. The van der Waals surface area contributed by atoms with Crippen molar-refractivity contribution >= 4 is 38.8 Å². The van der Waals surface area contributed by atoms with Crippen LogP contribution in [-0.2, 0) is 6.42 Å². The molecule has 10 rings (SSSR count). The van der Waals surface area contributed by atoms with Gasteiger partial charge in [0.05, 0.1) is 51.2 Å². The predicted octanol–water partition coefficient (Wildman–Crippen LogP) is 12.8. The molecule has 0 bridgehead atoms. The Morgan fingerprint density at radius 2 is 1.04 bits per heavy atom. The van der Waals surface area contributed by atoms with Crippen LogP contribution < -0.4 is 0 Å². The van der Waals surface area contributed by atoms with Crippen LogP contribution in [0.2, 0.25) is 0 Å². The van der Waals surface area contributed by atoms with Gasteiger partial charge < -0.3 is 9.13 Å². The van der Waals surface area contributed by atoms with Crippen LogP contribution in [0.15, 0.2) is 133 Å². The zero-order valence-electron chi connectivity index (χ0n) is 30.1. The van der Waals surface area contributed by atoms with Crippen LogP contribution in [0.1, 0.15) is 72.4 Å². The fourth-order valence-corrected chi connectivity index (χ4v) is 9.49. The SMILES string of the molecule is N#Cc1ccc(-c2c(-n3c4c(c5ccccc53)CCC=C4)cc(-n3c4ccccc4c4ccccc43)c(-c3ccc(C#N)cc3)c2C2CCCCC2)cc1. The number of aromatic nitrogens is 2. The quantitative estimate of drug-likeness (QED) is 0.180. The van der Waals surface area contributed by atoms with E-state index < -0.39 is 0 Å². The topological polar surface area (TPSA) is 57.4 Å². The number of nitriles is 2. The van der Waals surface area contributed by atoms with Gasteiger partial charge in [-0.3, -0.25) is 0 Å². The van der Waals surface area contributed by atoms with E-state index in [1.807, 2.05) is 24.3 Å². The minimum Gasteiger partial charge on any atom is -0.309 e. The molecule has 54 heavy (non-hydrogen) atoms. The Labute approximate surface area is 315 Å². The molecule has 258 valence electrons. The fourth-order valence-electron chi connectivity index (χ4n) is 9.49. The maximum absolute atomic E-state index is 9.88. The first-order chi connectivity index (χ1) is 26.7. The Morgan fingerprint density at radius 3 is 1.59 bits per heavy atom. The van der Waals surface area contributed by atoms with Crippen molar-refractivity contribution in [3.8, 4) is 45.8 Å². The van der Waals surface area contributed by atoms with E-state index in [2.05, 4.69) is 137 Å². The Bertz CT molecular complexity index is 2810. The summed E-state index contributed by atoms with van der Waals surface area (Å²) in [5, 5.41) is 23.5. The summed E-state index contributed by atoms with van der Waals surface area (Å²) in [6.07, 6.45) is 12.5. The Morgan fingerprint density at radius 1 is 0.537 bits per heavy atom. The largest absolute Gasteiger partial charge is 0.309 e. The molecule has 4 nitrogen and oxygen atoms in total. The lowest BCUT2D eigenvalue weighted by Crippen LogP contribution is -2.14. The molecule has 0 saturated heterocycles. The summed E-state index contributed by atoms with van der Waals surface area (Å²) in [6.45, 7) is 0. The van der Waals surface area contributed by atoms with E-state index >= 15 is 0 Å². The molecule has 2 heterocycles. The van der Waals surface area contributed by atoms with Gasteiger partial charge in [0.25, 0.3) is 0 Å². The highest BCUT2D eigenvalue weighted by molar-refractivity contribution is 6.10. The number of fused-ring (bicyclic) bond motifs is 6. The summed E-state index contributed by atoms with van der Waals surface area (Å²) in [5.41, 5.74) is 15.8. The number of benzene rings is 6. The first kappa shape index (κ1) is 32.1. The molecule has 0 radical (unpaired) electrons. The molecule has 0 unspecified atom stereocenters. The molecule has 1 saturated carbocycles. The van der Waals surface area contributed by atoms with Crippen molar-refractivity contribution in [1.82, 2.24) is 9.13 Å². The summed E-state index contributed by atoms with van der Waals surface area (Å²) in [6, 6.07) is 50.1. The molecular formula is C50H38N4. The van der Waals surface area contributed by atoms with Gasteiger partial charge in [0.2, 0.25) is 0 Å². The normalized spacial score (nSPS) is 14.3. The smallest absolute Gasteiger partial charge is 0.0991 e. The third-order valence-electron chi connectivity index (χ3n) is 11.9. The van der Waals surface area contributed by atoms with Crippen molar-refractivity contribution < 1.29 is 0 Å². The Hall–Kier alpha value is -6.62. The number of nitrogens with zero attached hydrogens (tertiary/aromatic N) is 4. The van der Waals surface area contributed by atoms with E-state index in [1.165, 1.54) is 79.9 Å². The van der Waals surface area contributed by atoms with Crippen LogP contribution in [0, 0.1) is 22.7 Å². The van der Waals surface area contributed by atoms with Gasteiger partial charge in [-0.05, 0) is 108 Å². The molecule has 6 aromatic carbocycles. The summed E-state index contributed by atoms with van der Waals surface area (Å²) in [5.74, 6) is 0.315. The monoisotopic (exact) mass is 694 g/mol. The van der Waals surface area contributed by atoms with Gasteiger partial charge in [-0.2, -0.15) is 10.5 Å². The van der Waals surface area contributed by atoms with Crippen molar-refractivity contribution in [2.24, 2.45) is 0 Å². The second kappa shape index (κ2) is 13.1. The predicted molar refractivity (Wildman–Crippen MR) is 221 cm³/mol. The lowest BCUT2D eigenvalue weighted by Gasteiger charge is -2.32. The van der Waals surface area contributed by atoms with Crippen molar-refractivity contribution in [2.45, 2.75) is 50.9 Å². The van der Waals surface area contributed by atoms with Gasteiger partial charge in [0, 0.05) is 33.0 Å². The Kier molecular flexibility index (Phi) is 7.78. The van der Waals surface area contributed by atoms with Gasteiger partial charge in [-0.1, -0.05) is 104 Å². The zero-order chi connectivity index (χ0) is 36.2. The van der Waals surface area contributed by atoms with Crippen LogP contribution in [0.5, 0.6) is 0 Å². The zero-order valence-corrected chi connectivity index (χ0v) is 30.1. The van der Waals surface area contributed by atoms with Gasteiger partial charge in [-0.15, -0.1) is 0 Å². The molecule has 2 aliphatic carbocycles. The summed E-state index contributed by atoms with van der Waals surface area (Å²) in [7, 11) is 0. The minimum absolute atomic E-state index is 0.315. The fraction of sp³-hybridized carbons (Fsp3) is 0.160. The van der Waals surface area contributed by atoms with Crippen molar-refractivity contribution in [3.05, 3.63) is 161 Å². The number of hydrogen-bond acceptors (Lipinski definition) is 2. The lowest BCUT2D eigenvalue weighted by molar-refractivity contribution is 0.445. The van der Waals surface area contributed by atoms with Gasteiger partial charge >= 0.3 is 0 Å². The molecule has 0 spiro atoms. The average molecular weight is 695 g/mol. The molecule has 1 fully saturated rings. The number of para-hydroxylation sites is 3. The molecule has 2 aliphatic rings. The molecule has 4 heteroatoms. The maximum Gasteiger partial charge on any atom is 0.0991 e. The first-order valence-electron chi connectivity index (χ1n) is 19.2.